The van der Waals surface area contributed by atoms with E-state index in [1.54, 1.807) is 0 Å². The van der Waals surface area contributed by atoms with E-state index in [1.165, 1.54) is 24.1 Å². The van der Waals surface area contributed by atoms with Gasteiger partial charge in [0.05, 0.1) is 6.20 Å². The van der Waals surface area contributed by atoms with Crippen LogP contribution in [0.5, 0.6) is 0 Å². The molecule has 3 heterocycles. The first-order chi connectivity index (χ1) is 12.3. The van der Waals surface area contributed by atoms with Crippen molar-refractivity contribution in [3.8, 4) is 0 Å². The second-order valence-corrected chi connectivity index (χ2v) is 7.70. The van der Waals surface area contributed by atoms with Gasteiger partial charge in [-0.3, -0.25) is 9.58 Å². The minimum absolute atomic E-state index is 0.647. The average Bonchev–Trinajstić information content (AvgIpc) is 3.22. The molecule has 1 atom stereocenters. The summed E-state index contributed by atoms with van der Waals surface area (Å²) in [5.74, 6) is 1.51. The van der Waals surface area contributed by atoms with E-state index in [-0.39, 0.29) is 0 Å². The first-order valence-electron chi connectivity index (χ1n) is 9.75. The molecule has 0 bridgehead atoms. The molecule has 1 fully saturated rings. The van der Waals surface area contributed by atoms with Gasteiger partial charge in [0.25, 0.3) is 0 Å². The number of fused-ring (bicyclic) bond motifs is 1. The van der Waals surface area contributed by atoms with Crippen molar-refractivity contribution in [1.82, 2.24) is 19.2 Å². The second-order valence-electron chi connectivity index (χ2n) is 7.70. The number of nitrogens with zero attached hydrogens (tertiary/aromatic N) is 4. The number of hydrogen-bond acceptors (Lipinski definition) is 3. The molecule has 0 N–H and O–H groups in total. The molecule has 1 saturated carbocycles. The number of ether oxygens (including phenoxy) is 1. The number of aryl methyl sites for hydroxylation is 1. The van der Waals surface area contributed by atoms with Crippen LogP contribution in [0.15, 0.2) is 30.7 Å². The van der Waals surface area contributed by atoms with Gasteiger partial charge in [0.15, 0.2) is 0 Å². The summed E-state index contributed by atoms with van der Waals surface area (Å²) in [6.07, 6.45) is 10.3. The van der Waals surface area contributed by atoms with E-state index < -0.39 is 0 Å². The largest absolute Gasteiger partial charge is 0.381 e. The van der Waals surface area contributed by atoms with Crippen molar-refractivity contribution < 1.29 is 4.74 Å². The Labute approximate surface area is 150 Å². The van der Waals surface area contributed by atoms with Crippen LogP contribution in [0.3, 0.4) is 0 Å². The normalized spacial score (nSPS) is 21.2. The summed E-state index contributed by atoms with van der Waals surface area (Å²) in [6, 6.07) is 4.43. The highest BCUT2D eigenvalue weighted by molar-refractivity contribution is 5.10. The molecule has 136 valence electrons. The summed E-state index contributed by atoms with van der Waals surface area (Å²) in [4.78, 5) is 2.57. The van der Waals surface area contributed by atoms with Crippen LogP contribution in [-0.2, 0) is 30.9 Å². The molecular weight excluding hydrogens is 312 g/mol. The lowest BCUT2D eigenvalue weighted by atomic mass is 10.1. The number of rotatable bonds is 8. The predicted octanol–water partition coefficient (Wildman–Crippen LogP) is 3.15. The molecule has 0 spiro atoms. The van der Waals surface area contributed by atoms with Gasteiger partial charge in [-0.05, 0) is 50.2 Å². The standard InChI is InChI=1S/C20H30N4O/c1-2-24-14-19(10-21-24)12-22-11-18(7-9-25-16-17-5-6-17)13-23-8-3-4-20(23)15-22/h3-4,8,10,14,17-18H,2,5-7,9,11-13,15-16H2,1H3. The number of hydrogen-bond donors (Lipinski definition) is 0. The summed E-state index contributed by atoms with van der Waals surface area (Å²) < 4.78 is 10.3. The predicted molar refractivity (Wildman–Crippen MR) is 98.1 cm³/mol. The van der Waals surface area contributed by atoms with Crippen molar-refractivity contribution in [2.45, 2.75) is 52.4 Å². The Kier molecular flexibility index (Phi) is 5.22. The fraction of sp³-hybridized carbons (Fsp3) is 0.650. The smallest absolute Gasteiger partial charge is 0.0534 e. The summed E-state index contributed by atoms with van der Waals surface area (Å²) in [7, 11) is 0. The fourth-order valence-corrected chi connectivity index (χ4v) is 3.77. The Hall–Kier alpha value is -1.59. The molecule has 1 aliphatic heterocycles. The maximum Gasteiger partial charge on any atom is 0.0534 e. The Balaban J connectivity index is 1.37. The van der Waals surface area contributed by atoms with Crippen LogP contribution in [-0.4, -0.2) is 39.0 Å². The van der Waals surface area contributed by atoms with Gasteiger partial charge in [0.2, 0.25) is 0 Å². The van der Waals surface area contributed by atoms with Crippen molar-refractivity contribution in [1.29, 1.82) is 0 Å². The van der Waals surface area contributed by atoms with E-state index in [1.807, 2.05) is 10.9 Å². The first kappa shape index (κ1) is 16.9. The SMILES string of the molecule is CCn1cc(CN2Cc3cccn3CC(CCOCC3CC3)C2)cn1. The van der Waals surface area contributed by atoms with Gasteiger partial charge >= 0.3 is 0 Å². The zero-order valence-corrected chi connectivity index (χ0v) is 15.3. The lowest BCUT2D eigenvalue weighted by Crippen LogP contribution is -2.28. The highest BCUT2D eigenvalue weighted by atomic mass is 16.5. The van der Waals surface area contributed by atoms with Gasteiger partial charge in [-0.25, -0.2) is 0 Å². The molecule has 0 radical (unpaired) electrons. The van der Waals surface area contributed by atoms with Crippen molar-refractivity contribution >= 4 is 0 Å². The van der Waals surface area contributed by atoms with Crippen molar-refractivity contribution in [3.63, 3.8) is 0 Å². The third-order valence-electron chi connectivity index (χ3n) is 5.42. The third kappa shape index (κ3) is 4.53. The summed E-state index contributed by atoms with van der Waals surface area (Å²) in [5.41, 5.74) is 2.73. The van der Waals surface area contributed by atoms with Crippen molar-refractivity contribution in [2.24, 2.45) is 11.8 Å². The van der Waals surface area contributed by atoms with E-state index in [4.69, 9.17) is 4.74 Å². The van der Waals surface area contributed by atoms with Gasteiger partial charge in [0.1, 0.15) is 0 Å². The molecule has 2 aromatic heterocycles. The highest BCUT2D eigenvalue weighted by Crippen LogP contribution is 2.29. The van der Waals surface area contributed by atoms with E-state index in [9.17, 15) is 0 Å². The minimum Gasteiger partial charge on any atom is -0.381 e. The zero-order valence-electron chi connectivity index (χ0n) is 15.3. The Bertz CT molecular complexity index is 673. The molecule has 0 saturated heterocycles. The molecule has 1 unspecified atom stereocenters. The van der Waals surface area contributed by atoms with E-state index in [0.717, 1.165) is 58.3 Å². The molecule has 2 aromatic rings. The molecule has 0 amide bonds. The molecule has 5 nitrogen and oxygen atoms in total. The summed E-state index contributed by atoms with van der Waals surface area (Å²) in [6.45, 7) is 9.18. The molecule has 0 aromatic carbocycles. The van der Waals surface area contributed by atoms with Gasteiger partial charge in [0, 0.05) is 69.6 Å². The lowest BCUT2D eigenvalue weighted by Gasteiger charge is -2.23. The van der Waals surface area contributed by atoms with Crippen LogP contribution in [0.25, 0.3) is 0 Å². The maximum atomic E-state index is 5.90. The molecule has 25 heavy (non-hydrogen) atoms. The topological polar surface area (TPSA) is 35.2 Å². The van der Waals surface area contributed by atoms with Crippen LogP contribution < -0.4 is 0 Å². The fourth-order valence-electron chi connectivity index (χ4n) is 3.77. The molecule has 5 heteroatoms. The van der Waals surface area contributed by atoms with E-state index in [2.05, 4.69) is 46.0 Å². The third-order valence-corrected chi connectivity index (χ3v) is 5.42. The first-order valence-corrected chi connectivity index (χ1v) is 9.75. The molecule has 1 aliphatic carbocycles. The van der Waals surface area contributed by atoms with Crippen molar-refractivity contribution in [3.05, 3.63) is 42.0 Å². The summed E-state index contributed by atoms with van der Waals surface area (Å²) >= 11 is 0. The number of aromatic nitrogens is 3. The van der Waals surface area contributed by atoms with E-state index in [0.29, 0.717) is 5.92 Å². The molecule has 4 rings (SSSR count). The highest BCUT2D eigenvalue weighted by Gasteiger charge is 2.23. The Morgan fingerprint density at radius 1 is 1.24 bits per heavy atom. The minimum atomic E-state index is 0.647. The van der Waals surface area contributed by atoms with Crippen molar-refractivity contribution in [2.75, 3.05) is 19.8 Å². The lowest BCUT2D eigenvalue weighted by molar-refractivity contribution is 0.101. The quantitative estimate of drug-likeness (QED) is 0.691. The van der Waals surface area contributed by atoms with Gasteiger partial charge in [-0.2, -0.15) is 5.10 Å². The maximum absolute atomic E-state index is 5.90. The van der Waals surface area contributed by atoms with Crippen LogP contribution in [0.2, 0.25) is 0 Å². The van der Waals surface area contributed by atoms with Gasteiger partial charge < -0.3 is 9.30 Å². The monoisotopic (exact) mass is 342 g/mol. The van der Waals surface area contributed by atoms with E-state index >= 15 is 0 Å². The Morgan fingerprint density at radius 2 is 2.16 bits per heavy atom. The van der Waals surface area contributed by atoms with Gasteiger partial charge in [-0.1, -0.05) is 0 Å². The molecular formula is C20H30N4O. The Morgan fingerprint density at radius 3 is 2.96 bits per heavy atom. The van der Waals surface area contributed by atoms with Crippen LogP contribution in [0.4, 0.5) is 0 Å². The summed E-state index contributed by atoms with van der Waals surface area (Å²) in [5, 5.41) is 4.42. The zero-order chi connectivity index (χ0) is 17.1. The second kappa shape index (κ2) is 7.75. The van der Waals surface area contributed by atoms with Crippen LogP contribution in [0.1, 0.15) is 37.4 Å². The average molecular weight is 342 g/mol. The molecule has 2 aliphatic rings. The van der Waals surface area contributed by atoms with Gasteiger partial charge in [-0.15, -0.1) is 0 Å². The van der Waals surface area contributed by atoms with Crippen LogP contribution in [0, 0.1) is 11.8 Å². The van der Waals surface area contributed by atoms with Crippen LogP contribution >= 0.6 is 0 Å².